The SMILES string of the molecule is COC(=O)[C@H](O)C1CCN(c2ccc(C(F)(F)F)cc2C#N)CC1. The molecule has 8 heteroatoms. The molecule has 2 rings (SSSR count). The lowest BCUT2D eigenvalue weighted by atomic mass is 9.90. The zero-order chi connectivity index (χ0) is 17.9. The van der Waals surface area contributed by atoms with Gasteiger partial charge < -0.3 is 14.7 Å². The van der Waals surface area contributed by atoms with Crippen LogP contribution in [0.2, 0.25) is 0 Å². The van der Waals surface area contributed by atoms with E-state index < -0.39 is 23.8 Å². The van der Waals surface area contributed by atoms with Crippen molar-refractivity contribution in [1.82, 2.24) is 0 Å². The lowest BCUT2D eigenvalue weighted by molar-refractivity contribution is -0.153. The van der Waals surface area contributed by atoms with Crippen LogP contribution in [0, 0.1) is 17.2 Å². The zero-order valence-corrected chi connectivity index (χ0v) is 13.0. The van der Waals surface area contributed by atoms with Gasteiger partial charge in [-0.05, 0) is 37.0 Å². The number of carbonyl (C=O) groups excluding carboxylic acids is 1. The summed E-state index contributed by atoms with van der Waals surface area (Å²) in [7, 11) is 1.20. The highest BCUT2D eigenvalue weighted by atomic mass is 19.4. The summed E-state index contributed by atoms with van der Waals surface area (Å²) in [5.74, 6) is -0.964. The number of ether oxygens (including phenoxy) is 1. The third kappa shape index (κ3) is 3.79. The Morgan fingerprint density at radius 1 is 1.42 bits per heavy atom. The molecule has 1 heterocycles. The topological polar surface area (TPSA) is 73.6 Å². The number of nitrogens with zero attached hydrogens (tertiary/aromatic N) is 2. The van der Waals surface area contributed by atoms with Crippen LogP contribution in [-0.2, 0) is 15.7 Å². The fraction of sp³-hybridized carbons (Fsp3) is 0.500. The van der Waals surface area contributed by atoms with Gasteiger partial charge in [-0.15, -0.1) is 0 Å². The van der Waals surface area contributed by atoms with Crippen molar-refractivity contribution in [2.45, 2.75) is 25.1 Å². The van der Waals surface area contributed by atoms with E-state index in [-0.39, 0.29) is 11.5 Å². The van der Waals surface area contributed by atoms with Gasteiger partial charge in [0.05, 0.1) is 23.9 Å². The molecule has 1 N–H and O–H groups in total. The predicted octanol–water partition coefficient (Wildman–Crippen LogP) is 2.33. The number of methoxy groups -OCH3 is 1. The Morgan fingerprint density at radius 2 is 2.04 bits per heavy atom. The first kappa shape index (κ1) is 18.1. The van der Waals surface area contributed by atoms with Crippen molar-refractivity contribution in [3.8, 4) is 6.07 Å². The largest absolute Gasteiger partial charge is 0.467 e. The van der Waals surface area contributed by atoms with E-state index in [9.17, 15) is 23.1 Å². The maximum absolute atomic E-state index is 12.7. The number of halogens is 3. The number of piperidine rings is 1. The molecule has 0 bridgehead atoms. The average molecular weight is 342 g/mol. The van der Waals surface area contributed by atoms with E-state index in [1.807, 2.05) is 0 Å². The highest BCUT2D eigenvalue weighted by molar-refractivity contribution is 5.74. The summed E-state index contributed by atoms with van der Waals surface area (Å²) in [6.07, 6.45) is -4.76. The second-order valence-electron chi connectivity index (χ2n) is 5.63. The molecule has 0 aliphatic carbocycles. The Morgan fingerprint density at radius 3 is 2.54 bits per heavy atom. The third-order valence-corrected chi connectivity index (χ3v) is 4.21. The molecule has 24 heavy (non-hydrogen) atoms. The van der Waals surface area contributed by atoms with E-state index in [4.69, 9.17) is 5.26 Å². The second kappa shape index (κ2) is 7.09. The van der Waals surface area contributed by atoms with Gasteiger partial charge in [0.25, 0.3) is 0 Å². The molecular weight excluding hydrogens is 325 g/mol. The van der Waals surface area contributed by atoms with Crippen LogP contribution < -0.4 is 4.90 Å². The monoisotopic (exact) mass is 342 g/mol. The minimum absolute atomic E-state index is 0.0446. The van der Waals surface area contributed by atoms with E-state index in [1.54, 1.807) is 11.0 Å². The molecule has 130 valence electrons. The number of alkyl halides is 3. The number of rotatable bonds is 3. The van der Waals surface area contributed by atoms with E-state index in [2.05, 4.69) is 4.74 Å². The van der Waals surface area contributed by atoms with Crippen molar-refractivity contribution in [3.05, 3.63) is 29.3 Å². The molecule has 1 aliphatic heterocycles. The smallest absolute Gasteiger partial charge is 0.416 e. The minimum Gasteiger partial charge on any atom is -0.467 e. The van der Waals surface area contributed by atoms with Crippen LogP contribution in [0.5, 0.6) is 0 Å². The van der Waals surface area contributed by atoms with Crippen molar-refractivity contribution in [3.63, 3.8) is 0 Å². The summed E-state index contributed by atoms with van der Waals surface area (Å²) in [6, 6.07) is 4.88. The van der Waals surface area contributed by atoms with Crippen LogP contribution in [0.1, 0.15) is 24.0 Å². The molecule has 0 spiro atoms. The van der Waals surface area contributed by atoms with Crippen molar-refractivity contribution in [2.75, 3.05) is 25.1 Å². The Hall–Kier alpha value is -2.27. The van der Waals surface area contributed by atoms with Crippen LogP contribution >= 0.6 is 0 Å². The molecule has 1 aliphatic rings. The number of carbonyl (C=O) groups is 1. The van der Waals surface area contributed by atoms with Gasteiger partial charge in [-0.2, -0.15) is 18.4 Å². The predicted molar refractivity (Wildman–Crippen MR) is 79.1 cm³/mol. The van der Waals surface area contributed by atoms with Crippen LogP contribution in [0.4, 0.5) is 18.9 Å². The molecule has 0 amide bonds. The normalized spacial score (nSPS) is 17.2. The van der Waals surface area contributed by atoms with Crippen LogP contribution in [0.25, 0.3) is 0 Å². The van der Waals surface area contributed by atoms with Crippen LogP contribution in [0.15, 0.2) is 18.2 Å². The number of hydrogen-bond donors (Lipinski definition) is 1. The van der Waals surface area contributed by atoms with E-state index >= 15 is 0 Å². The van der Waals surface area contributed by atoms with Gasteiger partial charge in [0.2, 0.25) is 0 Å². The molecule has 1 saturated heterocycles. The fourth-order valence-electron chi connectivity index (χ4n) is 2.85. The van der Waals surface area contributed by atoms with Gasteiger partial charge in [-0.25, -0.2) is 4.79 Å². The summed E-state index contributed by atoms with van der Waals surface area (Å²) >= 11 is 0. The Kier molecular flexibility index (Phi) is 5.34. The van der Waals surface area contributed by atoms with E-state index in [1.165, 1.54) is 13.2 Å². The minimum atomic E-state index is -4.50. The van der Waals surface area contributed by atoms with E-state index in [0.717, 1.165) is 12.1 Å². The average Bonchev–Trinajstić information content (AvgIpc) is 2.59. The van der Waals surface area contributed by atoms with Crippen LogP contribution in [-0.4, -0.2) is 37.4 Å². The Balaban J connectivity index is 2.12. The van der Waals surface area contributed by atoms with Gasteiger partial charge in [0.15, 0.2) is 6.10 Å². The van der Waals surface area contributed by atoms with Crippen molar-refractivity contribution >= 4 is 11.7 Å². The summed E-state index contributed by atoms with van der Waals surface area (Å²) in [5.41, 5.74) is -0.480. The number of anilines is 1. The molecule has 1 atom stereocenters. The first-order chi connectivity index (χ1) is 11.3. The first-order valence-corrected chi connectivity index (χ1v) is 7.40. The van der Waals surface area contributed by atoms with Crippen molar-refractivity contribution in [2.24, 2.45) is 5.92 Å². The molecule has 0 unspecified atom stereocenters. The molecule has 1 aromatic carbocycles. The summed E-state index contributed by atoms with van der Waals surface area (Å²) in [5, 5.41) is 19.0. The molecule has 1 aromatic rings. The highest BCUT2D eigenvalue weighted by Crippen LogP contribution is 2.34. The fourth-order valence-corrected chi connectivity index (χ4v) is 2.85. The summed E-state index contributed by atoms with van der Waals surface area (Å²) < 4.78 is 42.7. The molecule has 0 radical (unpaired) electrons. The molecule has 1 fully saturated rings. The standard InChI is InChI=1S/C16H17F3N2O3/c1-24-15(23)14(22)10-4-6-21(7-5-10)13-3-2-12(16(17,18)19)8-11(13)9-20/h2-3,8,10,14,22H,4-7H2,1H3/t14-/m1/s1. The highest BCUT2D eigenvalue weighted by Gasteiger charge is 2.33. The third-order valence-electron chi connectivity index (χ3n) is 4.21. The number of nitriles is 1. The number of esters is 1. The number of aliphatic hydroxyl groups excluding tert-OH is 1. The second-order valence-corrected chi connectivity index (χ2v) is 5.63. The Labute approximate surface area is 137 Å². The Bertz CT molecular complexity index is 647. The number of benzene rings is 1. The van der Waals surface area contributed by atoms with Gasteiger partial charge in [0.1, 0.15) is 6.07 Å². The van der Waals surface area contributed by atoms with Gasteiger partial charge in [0, 0.05) is 13.1 Å². The van der Waals surface area contributed by atoms with Crippen molar-refractivity contribution in [1.29, 1.82) is 5.26 Å². The summed E-state index contributed by atoms with van der Waals surface area (Å²) in [4.78, 5) is 13.1. The number of aliphatic hydroxyl groups is 1. The molecule has 5 nitrogen and oxygen atoms in total. The van der Waals surface area contributed by atoms with Gasteiger partial charge >= 0.3 is 12.1 Å². The van der Waals surface area contributed by atoms with Crippen LogP contribution in [0.3, 0.4) is 0 Å². The van der Waals surface area contributed by atoms with E-state index in [0.29, 0.717) is 31.6 Å². The zero-order valence-electron chi connectivity index (χ0n) is 13.0. The quantitative estimate of drug-likeness (QED) is 0.854. The molecular formula is C16H17F3N2O3. The number of hydrogen-bond acceptors (Lipinski definition) is 5. The first-order valence-electron chi connectivity index (χ1n) is 7.40. The van der Waals surface area contributed by atoms with Crippen molar-refractivity contribution < 1.29 is 27.8 Å². The lowest BCUT2D eigenvalue weighted by Crippen LogP contribution is -2.41. The summed E-state index contributed by atoms with van der Waals surface area (Å²) in [6.45, 7) is 0.859. The molecule has 0 saturated carbocycles. The lowest BCUT2D eigenvalue weighted by Gasteiger charge is -2.35. The molecule has 0 aromatic heterocycles. The van der Waals surface area contributed by atoms with Gasteiger partial charge in [-0.3, -0.25) is 0 Å². The van der Waals surface area contributed by atoms with Gasteiger partial charge in [-0.1, -0.05) is 0 Å². The maximum Gasteiger partial charge on any atom is 0.416 e. The maximum atomic E-state index is 12.7.